The van der Waals surface area contributed by atoms with Gasteiger partial charge in [0.2, 0.25) is 11.9 Å². The molecule has 12 heteroatoms. The SMILES string of the molecule is N#Cc1c(Nc2ccc(Oc3ccncc3)cc2)nn2c(N)nc(N3CCC(N4CCOCC4)CC3)nc12. The first-order chi connectivity index (χ1) is 18.7. The van der Waals surface area contributed by atoms with E-state index in [4.69, 9.17) is 20.2 Å². The van der Waals surface area contributed by atoms with Crippen LogP contribution in [0.4, 0.5) is 23.4 Å². The van der Waals surface area contributed by atoms with Gasteiger partial charge in [0.1, 0.15) is 23.1 Å². The first-order valence-corrected chi connectivity index (χ1v) is 12.7. The second-order valence-corrected chi connectivity index (χ2v) is 9.25. The highest BCUT2D eigenvalue weighted by Gasteiger charge is 2.28. The number of rotatable bonds is 6. The van der Waals surface area contributed by atoms with E-state index in [1.54, 1.807) is 24.5 Å². The first-order valence-electron chi connectivity index (χ1n) is 12.7. The topological polar surface area (TPSA) is 143 Å². The van der Waals surface area contributed by atoms with Crippen molar-refractivity contribution < 1.29 is 9.47 Å². The lowest BCUT2D eigenvalue weighted by atomic mass is 10.0. The van der Waals surface area contributed by atoms with E-state index in [-0.39, 0.29) is 5.95 Å². The van der Waals surface area contributed by atoms with Gasteiger partial charge in [-0.05, 0) is 49.2 Å². The Morgan fingerprint density at radius 1 is 0.974 bits per heavy atom. The van der Waals surface area contributed by atoms with E-state index in [9.17, 15) is 5.26 Å². The van der Waals surface area contributed by atoms with Crippen molar-refractivity contribution in [1.82, 2.24) is 29.5 Å². The van der Waals surface area contributed by atoms with Gasteiger partial charge in [-0.3, -0.25) is 9.88 Å². The predicted molar refractivity (Wildman–Crippen MR) is 142 cm³/mol. The number of hydrogen-bond acceptors (Lipinski definition) is 11. The molecule has 0 unspecified atom stereocenters. The molecule has 4 aromatic rings. The standard InChI is InChI=1S/C26H28N10O2/c27-17-22-23(30-18-1-3-20(4-2-18)38-21-5-9-29-10-6-21)33-36-24(22)31-26(32-25(36)28)35-11-7-19(8-12-35)34-13-15-37-16-14-34/h1-6,9-10,19H,7-8,11-16H2,(H,30,33)(H2,28,31,32). The summed E-state index contributed by atoms with van der Waals surface area (Å²) in [6.07, 6.45) is 5.39. The second kappa shape index (κ2) is 10.5. The number of nitrogens with zero attached hydrogens (tertiary/aromatic N) is 8. The number of anilines is 4. The zero-order valence-corrected chi connectivity index (χ0v) is 20.8. The summed E-state index contributed by atoms with van der Waals surface area (Å²) in [6.45, 7) is 5.22. The fourth-order valence-corrected chi connectivity index (χ4v) is 4.93. The van der Waals surface area contributed by atoms with Crippen molar-refractivity contribution in [2.75, 3.05) is 55.3 Å². The lowest BCUT2D eigenvalue weighted by molar-refractivity contribution is 0.0114. The van der Waals surface area contributed by atoms with Crippen molar-refractivity contribution >= 4 is 29.0 Å². The van der Waals surface area contributed by atoms with Crippen molar-refractivity contribution in [3.63, 3.8) is 0 Å². The molecule has 5 heterocycles. The average molecular weight is 513 g/mol. The first kappa shape index (κ1) is 23.9. The minimum Gasteiger partial charge on any atom is -0.457 e. The van der Waals surface area contributed by atoms with E-state index in [2.05, 4.69) is 36.3 Å². The third-order valence-electron chi connectivity index (χ3n) is 6.92. The number of ether oxygens (including phenoxy) is 2. The lowest BCUT2D eigenvalue weighted by Crippen LogP contribution is -2.49. The maximum atomic E-state index is 9.96. The normalized spacial score (nSPS) is 16.9. The summed E-state index contributed by atoms with van der Waals surface area (Å²) in [5.41, 5.74) is 7.70. The molecule has 0 spiro atoms. The zero-order chi connectivity index (χ0) is 25.9. The number of benzene rings is 1. The average Bonchev–Trinajstić information content (AvgIpc) is 3.32. The molecule has 2 aliphatic rings. The Morgan fingerprint density at radius 3 is 2.39 bits per heavy atom. The molecular weight excluding hydrogens is 484 g/mol. The Kier molecular flexibility index (Phi) is 6.60. The molecule has 0 atom stereocenters. The van der Waals surface area contributed by atoms with Gasteiger partial charge in [-0.1, -0.05) is 0 Å². The number of nitrogens with one attached hydrogen (secondary N) is 1. The van der Waals surface area contributed by atoms with E-state index in [1.165, 1.54) is 4.52 Å². The smallest absolute Gasteiger partial charge is 0.230 e. The number of pyridine rings is 1. The van der Waals surface area contributed by atoms with Crippen LogP contribution in [-0.2, 0) is 4.74 Å². The number of piperidine rings is 1. The van der Waals surface area contributed by atoms with Crippen LogP contribution in [0.15, 0.2) is 48.8 Å². The van der Waals surface area contributed by atoms with Crippen LogP contribution >= 0.6 is 0 Å². The summed E-state index contributed by atoms with van der Waals surface area (Å²) >= 11 is 0. The molecule has 0 radical (unpaired) electrons. The molecule has 2 aliphatic heterocycles. The number of nitriles is 1. The van der Waals surface area contributed by atoms with Crippen LogP contribution in [0, 0.1) is 11.3 Å². The van der Waals surface area contributed by atoms with Gasteiger partial charge >= 0.3 is 0 Å². The molecule has 0 aliphatic carbocycles. The van der Waals surface area contributed by atoms with Gasteiger partial charge in [-0.2, -0.15) is 19.7 Å². The number of morpholine rings is 1. The molecule has 38 heavy (non-hydrogen) atoms. The van der Waals surface area contributed by atoms with Gasteiger partial charge in [0.05, 0.1) is 13.2 Å². The summed E-state index contributed by atoms with van der Waals surface area (Å²) in [7, 11) is 0. The molecule has 2 saturated heterocycles. The summed E-state index contributed by atoms with van der Waals surface area (Å²) in [5.74, 6) is 2.44. The Morgan fingerprint density at radius 2 is 1.68 bits per heavy atom. The number of aromatic nitrogens is 5. The largest absolute Gasteiger partial charge is 0.457 e. The van der Waals surface area contributed by atoms with E-state index < -0.39 is 0 Å². The number of hydrogen-bond donors (Lipinski definition) is 2. The van der Waals surface area contributed by atoms with Crippen molar-refractivity contribution in [3.8, 4) is 17.6 Å². The predicted octanol–water partition coefficient (Wildman–Crippen LogP) is 2.81. The maximum absolute atomic E-state index is 9.96. The quantitative estimate of drug-likeness (QED) is 0.394. The summed E-state index contributed by atoms with van der Waals surface area (Å²) < 4.78 is 12.7. The van der Waals surface area contributed by atoms with Crippen LogP contribution in [0.2, 0.25) is 0 Å². The molecule has 3 N–H and O–H groups in total. The zero-order valence-electron chi connectivity index (χ0n) is 20.8. The summed E-state index contributed by atoms with van der Waals surface area (Å²) in [6, 6.07) is 13.7. The molecule has 0 bridgehead atoms. The van der Waals surface area contributed by atoms with Gasteiger partial charge < -0.3 is 25.4 Å². The molecule has 3 aromatic heterocycles. The van der Waals surface area contributed by atoms with Crippen molar-refractivity contribution in [3.05, 3.63) is 54.4 Å². The molecule has 6 rings (SSSR count). The highest BCUT2D eigenvalue weighted by atomic mass is 16.5. The summed E-state index contributed by atoms with van der Waals surface area (Å²) in [5, 5.41) is 17.6. The van der Waals surface area contributed by atoms with Crippen molar-refractivity contribution in [1.29, 1.82) is 5.26 Å². The molecule has 12 nitrogen and oxygen atoms in total. The van der Waals surface area contributed by atoms with Gasteiger partial charge in [0, 0.05) is 50.3 Å². The van der Waals surface area contributed by atoms with Gasteiger partial charge in [0.15, 0.2) is 11.5 Å². The second-order valence-electron chi connectivity index (χ2n) is 9.25. The van der Waals surface area contributed by atoms with Crippen molar-refractivity contribution in [2.45, 2.75) is 18.9 Å². The summed E-state index contributed by atoms with van der Waals surface area (Å²) in [4.78, 5) is 17.9. The third kappa shape index (κ3) is 4.89. The van der Waals surface area contributed by atoms with Crippen LogP contribution in [-0.4, -0.2) is 74.9 Å². The number of fused-ring (bicyclic) bond motifs is 1. The Balaban J connectivity index is 1.18. The van der Waals surface area contributed by atoms with Gasteiger partial charge in [-0.15, -0.1) is 5.10 Å². The highest BCUT2D eigenvalue weighted by molar-refractivity contribution is 5.73. The van der Waals surface area contributed by atoms with Crippen LogP contribution in [0.5, 0.6) is 11.5 Å². The number of nitrogens with two attached hydrogens (primary N) is 1. The van der Waals surface area contributed by atoms with E-state index in [1.807, 2.05) is 24.3 Å². The molecule has 194 valence electrons. The van der Waals surface area contributed by atoms with Crippen LogP contribution in [0.25, 0.3) is 5.65 Å². The molecule has 0 amide bonds. The van der Waals surface area contributed by atoms with E-state index >= 15 is 0 Å². The lowest BCUT2D eigenvalue weighted by Gasteiger charge is -2.40. The maximum Gasteiger partial charge on any atom is 0.230 e. The van der Waals surface area contributed by atoms with Crippen molar-refractivity contribution in [2.24, 2.45) is 0 Å². The van der Waals surface area contributed by atoms with Crippen LogP contribution in [0.1, 0.15) is 18.4 Å². The Labute approximate surface area is 219 Å². The minimum atomic E-state index is 0.186. The number of nitrogen functional groups attached to an aromatic ring is 1. The molecule has 0 saturated carbocycles. The van der Waals surface area contributed by atoms with Gasteiger partial charge in [0.25, 0.3) is 0 Å². The van der Waals surface area contributed by atoms with E-state index in [0.29, 0.717) is 40.5 Å². The minimum absolute atomic E-state index is 0.186. The Bertz CT molecular complexity index is 1440. The third-order valence-corrected chi connectivity index (χ3v) is 6.92. The molecule has 2 fully saturated rings. The van der Waals surface area contributed by atoms with Crippen LogP contribution < -0.4 is 20.7 Å². The fourth-order valence-electron chi connectivity index (χ4n) is 4.93. The van der Waals surface area contributed by atoms with Crippen LogP contribution in [0.3, 0.4) is 0 Å². The highest BCUT2D eigenvalue weighted by Crippen LogP contribution is 2.28. The van der Waals surface area contributed by atoms with Gasteiger partial charge in [-0.25, -0.2) is 0 Å². The van der Waals surface area contributed by atoms with E-state index in [0.717, 1.165) is 57.9 Å². The Hall–Kier alpha value is -4.47. The molecular formula is C26H28N10O2. The fraction of sp³-hybridized carbons (Fsp3) is 0.346. The molecule has 1 aromatic carbocycles. The monoisotopic (exact) mass is 512 g/mol.